The van der Waals surface area contributed by atoms with Gasteiger partial charge in [-0.2, -0.15) is 0 Å². The number of hydrogen-bond acceptors (Lipinski definition) is 3. The Morgan fingerprint density at radius 2 is 2.05 bits per heavy atom. The molecule has 1 heterocycles. The van der Waals surface area contributed by atoms with Crippen LogP contribution in [0.15, 0.2) is 24.3 Å². The van der Waals surface area contributed by atoms with Gasteiger partial charge in [0.05, 0.1) is 6.10 Å². The number of nitrogens with two attached hydrogens (primary N) is 1. The van der Waals surface area contributed by atoms with Crippen molar-refractivity contribution in [3.05, 3.63) is 35.4 Å². The molecule has 2 N–H and O–H groups in total. The highest BCUT2D eigenvalue weighted by Crippen LogP contribution is 2.17. The lowest BCUT2D eigenvalue weighted by atomic mass is 10.1. The highest BCUT2D eigenvalue weighted by molar-refractivity contribution is 7.80. The molecule has 0 bridgehead atoms. The van der Waals surface area contributed by atoms with Crippen LogP contribution in [0.1, 0.15) is 42.1 Å². The third-order valence-electron chi connectivity index (χ3n) is 3.64. The van der Waals surface area contributed by atoms with Gasteiger partial charge in [-0.1, -0.05) is 31.3 Å². The third kappa shape index (κ3) is 4.25. The van der Waals surface area contributed by atoms with Gasteiger partial charge in [-0.3, -0.25) is 4.79 Å². The molecular weight excluding hydrogens is 284 g/mol. The minimum absolute atomic E-state index is 0.0503. The second-order valence-corrected chi connectivity index (χ2v) is 5.77. The molecule has 1 aliphatic heterocycles. The smallest absolute Gasteiger partial charge is 0.253 e. The number of nitrogens with zero attached hydrogens (tertiary/aromatic N) is 1. The van der Waals surface area contributed by atoms with Crippen molar-refractivity contribution in [2.75, 3.05) is 19.7 Å². The fourth-order valence-corrected chi connectivity index (χ4v) is 2.64. The predicted molar refractivity (Wildman–Crippen MR) is 87.5 cm³/mol. The maximum Gasteiger partial charge on any atom is 0.253 e. The summed E-state index contributed by atoms with van der Waals surface area (Å²) < 4.78 is 5.77. The van der Waals surface area contributed by atoms with E-state index in [1.807, 2.05) is 4.90 Å². The molecule has 0 aliphatic carbocycles. The molecule has 0 aromatic heterocycles. The molecule has 2 rings (SSSR count). The van der Waals surface area contributed by atoms with Crippen molar-refractivity contribution in [2.45, 2.75) is 32.3 Å². The van der Waals surface area contributed by atoms with E-state index in [2.05, 4.69) is 6.92 Å². The first-order valence-electron chi connectivity index (χ1n) is 7.42. The molecule has 21 heavy (non-hydrogen) atoms. The van der Waals surface area contributed by atoms with Crippen molar-refractivity contribution in [1.82, 2.24) is 4.90 Å². The Kier molecular flexibility index (Phi) is 5.70. The molecule has 1 atom stereocenters. The van der Waals surface area contributed by atoms with Gasteiger partial charge in [-0.15, -0.1) is 0 Å². The van der Waals surface area contributed by atoms with Gasteiger partial charge >= 0.3 is 0 Å². The summed E-state index contributed by atoms with van der Waals surface area (Å²) in [5.74, 6) is 0.0503. The molecule has 1 amide bonds. The van der Waals surface area contributed by atoms with E-state index in [4.69, 9.17) is 22.7 Å². The van der Waals surface area contributed by atoms with Gasteiger partial charge in [0.2, 0.25) is 0 Å². The van der Waals surface area contributed by atoms with E-state index in [0.29, 0.717) is 17.1 Å². The number of carbonyl (C=O) groups is 1. The number of likely N-dealkylation sites (tertiary alicyclic amines) is 1. The third-order valence-corrected chi connectivity index (χ3v) is 3.88. The van der Waals surface area contributed by atoms with Crippen molar-refractivity contribution in [1.29, 1.82) is 0 Å². The SMILES string of the molecule is CCCOC1CCCN(C(=O)c2ccc(C(N)=S)cc2)C1. The lowest BCUT2D eigenvalue weighted by molar-refractivity contribution is 0.00211. The van der Waals surface area contributed by atoms with Crippen LogP contribution >= 0.6 is 12.2 Å². The monoisotopic (exact) mass is 306 g/mol. The molecule has 5 heteroatoms. The number of benzene rings is 1. The van der Waals surface area contributed by atoms with Gasteiger partial charge in [0.25, 0.3) is 5.91 Å². The number of piperidine rings is 1. The Balaban J connectivity index is 2.00. The van der Waals surface area contributed by atoms with Crippen LogP contribution in [-0.4, -0.2) is 41.6 Å². The van der Waals surface area contributed by atoms with Gasteiger partial charge < -0.3 is 15.4 Å². The van der Waals surface area contributed by atoms with Crippen LogP contribution in [0.25, 0.3) is 0 Å². The van der Waals surface area contributed by atoms with Gasteiger partial charge in [0.15, 0.2) is 0 Å². The molecule has 1 aliphatic rings. The predicted octanol–water partition coefficient (Wildman–Crippen LogP) is 2.35. The fourth-order valence-electron chi connectivity index (χ4n) is 2.50. The molecule has 4 nitrogen and oxygen atoms in total. The summed E-state index contributed by atoms with van der Waals surface area (Å²) in [4.78, 5) is 14.7. The summed E-state index contributed by atoms with van der Waals surface area (Å²) in [5.41, 5.74) is 7.02. The van der Waals surface area contributed by atoms with Crippen LogP contribution in [0.4, 0.5) is 0 Å². The van der Waals surface area contributed by atoms with Gasteiger partial charge in [0, 0.05) is 30.8 Å². The molecule has 1 fully saturated rings. The fraction of sp³-hybridized carbons (Fsp3) is 0.500. The number of hydrogen-bond donors (Lipinski definition) is 1. The van der Waals surface area contributed by atoms with Crippen LogP contribution in [-0.2, 0) is 4.74 Å². The molecule has 1 aromatic rings. The Morgan fingerprint density at radius 3 is 2.67 bits per heavy atom. The van der Waals surface area contributed by atoms with E-state index < -0.39 is 0 Å². The summed E-state index contributed by atoms with van der Waals surface area (Å²) in [5, 5.41) is 0. The number of amides is 1. The minimum Gasteiger partial charge on any atom is -0.389 e. The second kappa shape index (κ2) is 7.52. The molecule has 1 aromatic carbocycles. The molecule has 0 saturated carbocycles. The largest absolute Gasteiger partial charge is 0.389 e. The Labute approximate surface area is 131 Å². The van der Waals surface area contributed by atoms with Crippen molar-refractivity contribution in [3.63, 3.8) is 0 Å². The van der Waals surface area contributed by atoms with Gasteiger partial charge in [-0.25, -0.2) is 0 Å². The minimum atomic E-state index is 0.0503. The normalized spacial score (nSPS) is 18.5. The topological polar surface area (TPSA) is 55.6 Å². The molecule has 1 unspecified atom stereocenters. The van der Waals surface area contributed by atoms with Crippen molar-refractivity contribution in [2.24, 2.45) is 5.73 Å². The second-order valence-electron chi connectivity index (χ2n) is 5.33. The summed E-state index contributed by atoms with van der Waals surface area (Å²) in [6.45, 7) is 4.32. The zero-order valence-corrected chi connectivity index (χ0v) is 13.2. The molecule has 1 saturated heterocycles. The zero-order valence-electron chi connectivity index (χ0n) is 12.4. The average molecular weight is 306 g/mol. The molecule has 0 spiro atoms. The highest BCUT2D eigenvalue weighted by Gasteiger charge is 2.24. The molecule has 114 valence electrons. The van der Waals surface area contributed by atoms with E-state index in [0.717, 1.165) is 38.0 Å². The zero-order chi connectivity index (χ0) is 15.2. The van der Waals surface area contributed by atoms with E-state index in [1.165, 1.54) is 0 Å². The number of thiocarbonyl (C=S) groups is 1. The Morgan fingerprint density at radius 1 is 1.38 bits per heavy atom. The molecule has 0 radical (unpaired) electrons. The quantitative estimate of drug-likeness (QED) is 0.849. The van der Waals surface area contributed by atoms with Crippen molar-refractivity contribution < 1.29 is 9.53 Å². The summed E-state index contributed by atoms with van der Waals surface area (Å²) >= 11 is 4.92. The van der Waals surface area contributed by atoms with Crippen LogP contribution in [0.5, 0.6) is 0 Å². The standard InChI is InChI=1S/C16H22N2O2S/c1-2-10-20-14-4-3-9-18(11-14)16(19)13-7-5-12(6-8-13)15(17)21/h5-8,14H,2-4,9-11H2,1H3,(H2,17,21). The summed E-state index contributed by atoms with van der Waals surface area (Å²) in [6.07, 6.45) is 3.19. The van der Waals surface area contributed by atoms with Crippen LogP contribution < -0.4 is 5.73 Å². The van der Waals surface area contributed by atoms with Gasteiger partial charge in [-0.05, 0) is 31.4 Å². The highest BCUT2D eigenvalue weighted by atomic mass is 32.1. The first-order chi connectivity index (χ1) is 10.1. The lowest BCUT2D eigenvalue weighted by Crippen LogP contribution is -2.43. The average Bonchev–Trinajstić information content (AvgIpc) is 2.52. The van der Waals surface area contributed by atoms with E-state index in [1.54, 1.807) is 24.3 Å². The van der Waals surface area contributed by atoms with Crippen LogP contribution in [0, 0.1) is 0 Å². The first-order valence-corrected chi connectivity index (χ1v) is 7.83. The number of carbonyl (C=O) groups excluding carboxylic acids is 1. The maximum atomic E-state index is 12.5. The van der Waals surface area contributed by atoms with Crippen molar-refractivity contribution in [3.8, 4) is 0 Å². The number of ether oxygens (including phenoxy) is 1. The van der Waals surface area contributed by atoms with E-state index in [-0.39, 0.29) is 12.0 Å². The number of rotatable bonds is 5. The van der Waals surface area contributed by atoms with Crippen LogP contribution in [0.3, 0.4) is 0 Å². The van der Waals surface area contributed by atoms with E-state index in [9.17, 15) is 4.79 Å². The Hall–Kier alpha value is -1.46. The summed E-state index contributed by atoms with van der Waals surface area (Å²) in [6, 6.07) is 7.16. The van der Waals surface area contributed by atoms with Crippen molar-refractivity contribution >= 4 is 23.1 Å². The van der Waals surface area contributed by atoms with Gasteiger partial charge in [0.1, 0.15) is 4.99 Å². The first kappa shape index (κ1) is 15.9. The summed E-state index contributed by atoms with van der Waals surface area (Å²) in [7, 11) is 0. The molecular formula is C16H22N2O2S. The lowest BCUT2D eigenvalue weighted by Gasteiger charge is -2.32. The Bertz CT molecular complexity index is 502. The van der Waals surface area contributed by atoms with E-state index >= 15 is 0 Å². The van der Waals surface area contributed by atoms with Crippen LogP contribution in [0.2, 0.25) is 0 Å². The maximum absolute atomic E-state index is 12.5.